The number of rotatable bonds is 6. The predicted molar refractivity (Wildman–Crippen MR) is 64.6 cm³/mol. The first-order valence-corrected chi connectivity index (χ1v) is 6.02. The van der Waals surface area contributed by atoms with E-state index in [0.29, 0.717) is 23.9 Å². The summed E-state index contributed by atoms with van der Waals surface area (Å²) < 4.78 is 13.8. The highest BCUT2D eigenvalue weighted by molar-refractivity contribution is 6.18. The van der Waals surface area contributed by atoms with Gasteiger partial charge in [-0.1, -0.05) is 13.3 Å². The van der Waals surface area contributed by atoms with Crippen LogP contribution in [0.3, 0.4) is 0 Å². The Kier molecular flexibility index (Phi) is 5.46. The van der Waals surface area contributed by atoms with Crippen LogP contribution in [-0.4, -0.2) is 28.9 Å². The molecule has 0 spiro atoms. The molecule has 0 fully saturated rings. The molecule has 0 radical (unpaired) electrons. The molecule has 1 aromatic heterocycles. The Bertz CT molecular complexity index is 333. The molecule has 1 rings (SSSR count). The van der Waals surface area contributed by atoms with Crippen molar-refractivity contribution in [1.29, 1.82) is 0 Å². The number of aromatic nitrogens is 2. The first-order valence-electron chi connectivity index (χ1n) is 5.48. The molecule has 1 aromatic rings. The molecule has 0 saturated carbocycles. The second kappa shape index (κ2) is 6.63. The van der Waals surface area contributed by atoms with Gasteiger partial charge in [0.05, 0.1) is 5.69 Å². The van der Waals surface area contributed by atoms with Crippen LogP contribution in [0, 0.1) is 12.7 Å². The minimum atomic E-state index is -0.344. The highest BCUT2D eigenvalue weighted by Crippen LogP contribution is 2.17. The fourth-order valence-electron chi connectivity index (χ4n) is 1.44. The summed E-state index contributed by atoms with van der Waals surface area (Å²) in [7, 11) is 0. The third-order valence-electron chi connectivity index (χ3n) is 2.38. The minimum absolute atomic E-state index is 0.344. The zero-order valence-electron chi connectivity index (χ0n) is 9.71. The van der Waals surface area contributed by atoms with Gasteiger partial charge in [-0.25, -0.2) is 14.4 Å². The Morgan fingerprint density at radius 3 is 2.75 bits per heavy atom. The van der Waals surface area contributed by atoms with Crippen LogP contribution in [-0.2, 0) is 0 Å². The maximum Gasteiger partial charge on any atom is 0.186 e. The molecule has 0 atom stereocenters. The molecule has 5 heteroatoms. The van der Waals surface area contributed by atoms with Crippen LogP contribution in [0.2, 0.25) is 0 Å². The lowest BCUT2D eigenvalue weighted by atomic mass is 10.3. The van der Waals surface area contributed by atoms with Crippen LogP contribution >= 0.6 is 11.6 Å². The molecule has 3 nitrogen and oxygen atoms in total. The molecule has 0 N–H and O–H groups in total. The zero-order chi connectivity index (χ0) is 12.0. The Morgan fingerprint density at radius 2 is 2.12 bits per heavy atom. The predicted octanol–water partition coefficient (Wildman–Crippen LogP) is 2.77. The second-order valence-corrected chi connectivity index (χ2v) is 4.00. The third kappa shape index (κ3) is 3.30. The van der Waals surface area contributed by atoms with Crippen LogP contribution in [0.1, 0.15) is 25.5 Å². The van der Waals surface area contributed by atoms with Crippen molar-refractivity contribution in [2.45, 2.75) is 26.7 Å². The van der Waals surface area contributed by atoms with Gasteiger partial charge < -0.3 is 4.90 Å². The topological polar surface area (TPSA) is 29.0 Å². The summed E-state index contributed by atoms with van der Waals surface area (Å²) >= 11 is 5.71. The molecule has 90 valence electrons. The molecule has 0 bridgehead atoms. The summed E-state index contributed by atoms with van der Waals surface area (Å²) in [5, 5.41) is 0. The summed E-state index contributed by atoms with van der Waals surface area (Å²) in [4.78, 5) is 9.68. The van der Waals surface area contributed by atoms with Crippen molar-refractivity contribution in [3.05, 3.63) is 17.8 Å². The van der Waals surface area contributed by atoms with Gasteiger partial charge in [0.15, 0.2) is 11.6 Å². The fourth-order valence-corrected chi connectivity index (χ4v) is 1.64. The first-order chi connectivity index (χ1) is 7.70. The molecule has 0 aliphatic heterocycles. The van der Waals surface area contributed by atoms with E-state index in [-0.39, 0.29) is 5.82 Å². The van der Waals surface area contributed by atoms with Gasteiger partial charge >= 0.3 is 0 Å². The lowest BCUT2D eigenvalue weighted by molar-refractivity contribution is 0.588. The molecule has 0 saturated heterocycles. The Labute approximate surface area is 101 Å². The van der Waals surface area contributed by atoms with E-state index in [2.05, 4.69) is 16.9 Å². The molecular weight excluding hydrogens is 229 g/mol. The normalized spacial score (nSPS) is 10.5. The van der Waals surface area contributed by atoms with Crippen molar-refractivity contribution in [2.75, 3.05) is 23.9 Å². The largest absolute Gasteiger partial charge is 0.353 e. The minimum Gasteiger partial charge on any atom is -0.353 e. The maximum atomic E-state index is 13.8. The van der Waals surface area contributed by atoms with Gasteiger partial charge in [0.1, 0.15) is 6.33 Å². The van der Waals surface area contributed by atoms with Crippen LogP contribution < -0.4 is 4.90 Å². The molecule has 0 amide bonds. The van der Waals surface area contributed by atoms with Gasteiger partial charge in [0.2, 0.25) is 0 Å². The van der Waals surface area contributed by atoms with E-state index in [9.17, 15) is 4.39 Å². The van der Waals surface area contributed by atoms with E-state index in [1.807, 2.05) is 4.90 Å². The smallest absolute Gasteiger partial charge is 0.186 e. The number of nitrogens with zero attached hydrogens (tertiary/aromatic N) is 3. The highest BCUT2D eigenvalue weighted by Gasteiger charge is 2.14. The standard InChI is InChI=1S/C11H17ClFN3/c1-3-4-6-16(7-5-12)11-10(13)9(2)14-8-15-11/h8H,3-7H2,1-2H3. The molecule has 16 heavy (non-hydrogen) atoms. The van der Waals surface area contributed by atoms with Crippen LogP contribution in [0.25, 0.3) is 0 Å². The number of anilines is 1. The number of hydrogen-bond acceptors (Lipinski definition) is 3. The van der Waals surface area contributed by atoms with Gasteiger partial charge in [-0.05, 0) is 13.3 Å². The van der Waals surface area contributed by atoms with Crippen LogP contribution in [0.5, 0.6) is 0 Å². The fraction of sp³-hybridized carbons (Fsp3) is 0.636. The van der Waals surface area contributed by atoms with Crippen molar-refractivity contribution in [3.8, 4) is 0 Å². The number of hydrogen-bond donors (Lipinski definition) is 0. The molecule has 0 aliphatic carbocycles. The Hall–Kier alpha value is -0.900. The van der Waals surface area contributed by atoms with Crippen molar-refractivity contribution in [1.82, 2.24) is 9.97 Å². The molecular formula is C11H17ClFN3. The lowest BCUT2D eigenvalue weighted by Gasteiger charge is -2.23. The second-order valence-electron chi connectivity index (χ2n) is 3.63. The summed E-state index contributed by atoms with van der Waals surface area (Å²) in [6, 6.07) is 0. The van der Waals surface area contributed by atoms with Crippen molar-refractivity contribution in [2.24, 2.45) is 0 Å². The van der Waals surface area contributed by atoms with Crippen molar-refractivity contribution >= 4 is 17.4 Å². The van der Waals surface area contributed by atoms with Crippen LogP contribution in [0.15, 0.2) is 6.33 Å². The van der Waals surface area contributed by atoms with Crippen molar-refractivity contribution in [3.63, 3.8) is 0 Å². The quantitative estimate of drug-likeness (QED) is 0.722. The van der Waals surface area contributed by atoms with E-state index in [4.69, 9.17) is 11.6 Å². The van der Waals surface area contributed by atoms with Gasteiger partial charge in [-0.3, -0.25) is 0 Å². The van der Waals surface area contributed by atoms with Gasteiger partial charge in [0.25, 0.3) is 0 Å². The number of alkyl halides is 1. The van der Waals surface area contributed by atoms with E-state index in [1.165, 1.54) is 6.33 Å². The molecule has 0 aromatic carbocycles. The van der Waals surface area contributed by atoms with Crippen molar-refractivity contribution < 1.29 is 4.39 Å². The van der Waals surface area contributed by atoms with E-state index < -0.39 is 0 Å². The monoisotopic (exact) mass is 245 g/mol. The lowest BCUT2D eigenvalue weighted by Crippen LogP contribution is -2.28. The summed E-state index contributed by atoms with van der Waals surface area (Å²) in [6.45, 7) is 5.12. The Morgan fingerprint density at radius 1 is 1.38 bits per heavy atom. The first kappa shape index (κ1) is 13.2. The number of unbranched alkanes of at least 4 members (excludes halogenated alkanes) is 1. The van der Waals surface area contributed by atoms with Gasteiger partial charge in [-0.15, -0.1) is 11.6 Å². The average molecular weight is 246 g/mol. The van der Waals surface area contributed by atoms with E-state index in [0.717, 1.165) is 19.4 Å². The average Bonchev–Trinajstić information content (AvgIpc) is 2.28. The van der Waals surface area contributed by atoms with Gasteiger partial charge in [-0.2, -0.15) is 0 Å². The molecule has 0 aliphatic rings. The maximum absolute atomic E-state index is 13.8. The number of aryl methyl sites for hydroxylation is 1. The number of halogens is 2. The van der Waals surface area contributed by atoms with Crippen LogP contribution in [0.4, 0.5) is 10.2 Å². The third-order valence-corrected chi connectivity index (χ3v) is 2.55. The summed E-state index contributed by atoms with van der Waals surface area (Å²) in [5.74, 6) is 0.483. The van der Waals surface area contributed by atoms with E-state index in [1.54, 1.807) is 6.92 Å². The van der Waals surface area contributed by atoms with E-state index >= 15 is 0 Å². The van der Waals surface area contributed by atoms with Gasteiger partial charge in [0, 0.05) is 19.0 Å². The highest BCUT2D eigenvalue weighted by atomic mass is 35.5. The zero-order valence-corrected chi connectivity index (χ0v) is 10.5. The Balaban J connectivity index is 2.86. The SMILES string of the molecule is CCCCN(CCCl)c1ncnc(C)c1F. The summed E-state index contributed by atoms with van der Waals surface area (Å²) in [5.41, 5.74) is 0.376. The molecule has 1 heterocycles. The molecule has 0 unspecified atom stereocenters. The summed E-state index contributed by atoms with van der Waals surface area (Å²) in [6.07, 6.45) is 3.45.